The molecule has 0 bridgehead atoms. The molecule has 1 atom stereocenters. The molecule has 0 aliphatic heterocycles. The number of nitrogens with two attached hydrogens (primary N) is 1. The molecule has 0 saturated carbocycles. The number of H-pyrrole nitrogens is 1. The number of nitrogen functional groups attached to an aromatic ring is 1. The Balaban J connectivity index is 2.41. The number of nitrogens with zero attached hydrogens (tertiary/aromatic N) is 2. The van der Waals surface area contributed by atoms with Gasteiger partial charge in [-0.25, -0.2) is 22.5 Å². The van der Waals surface area contributed by atoms with Gasteiger partial charge in [-0.1, -0.05) is 11.6 Å². The number of rotatable bonds is 4. The molecule has 2 aromatic rings. The van der Waals surface area contributed by atoms with Crippen molar-refractivity contribution in [2.24, 2.45) is 0 Å². The number of benzene rings is 1. The summed E-state index contributed by atoms with van der Waals surface area (Å²) in [5.74, 6) is -0.793. The van der Waals surface area contributed by atoms with Gasteiger partial charge in [-0.05, 0) is 28.9 Å². The highest BCUT2D eigenvalue weighted by atomic mass is 79.9. The smallest absolute Gasteiger partial charge is 0.244 e. The summed E-state index contributed by atoms with van der Waals surface area (Å²) in [5.41, 5.74) is 5.10. The highest BCUT2D eigenvalue weighted by Crippen LogP contribution is 2.34. The Bertz CT molecular complexity index is 768. The first-order valence-electron chi connectivity index (χ1n) is 5.54. The Morgan fingerprint density at radius 1 is 1.57 bits per heavy atom. The Labute approximate surface area is 133 Å². The fourth-order valence-electron chi connectivity index (χ4n) is 1.57. The summed E-state index contributed by atoms with van der Waals surface area (Å²) in [6, 6.07) is 0.243. The number of halogens is 3. The molecule has 1 heterocycles. The summed E-state index contributed by atoms with van der Waals surface area (Å²) in [4.78, 5) is 3.18. The summed E-state index contributed by atoms with van der Waals surface area (Å²) < 4.78 is 40.9. The first-order valence-corrected chi connectivity index (χ1v) is 8.20. The van der Waals surface area contributed by atoms with Crippen LogP contribution in [0.25, 0.3) is 0 Å². The lowest BCUT2D eigenvalue weighted by atomic mass is 10.3. The van der Waals surface area contributed by atoms with E-state index in [0.717, 1.165) is 6.07 Å². The number of hydrogen-bond donors (Lipinski definition) is 3. The van der Waals surface area contributed by atoms with E-state index in [-0.39, 0.29) is 21.0 Å². The number of aromatic amines is 1. The van der Waals surface area contributed by atoms with Gasteiger partial charge in [0.15, 0.2) is 5.82 Å². The van der Waals surface area contributed by atoms with Gasteiger partial charge in [-0.2, -0.15) is 5.10 Å². The van der Waals surface area contributed by atoms with E-state index in [2.05, 4.69) is 35.8 Å². The molecule has 1 aromatic carbocycles. The maximum Gasteiger partial charge on any atom is 0.244 e. The molecule has 0 saturated heterocycles. The van der Waals surface area contributed by atoms with Crippen molar-refractivity contribution in [1.82, 2.24) is 19.9 Å². The molecule has 1 aromatic heterocycles. The molecule has 7 nitrogen and oxygen atoms in total. The molecule has 0 fully saturated rings. The van der Waals surface area contributed by atoms with E-state index in [0.29, 0.717) is 0 Å². The van der Waals surface area contributed by atoms with Crippen LogP contribution in [0.15, 0.2) is 21.8 Å². The van der Waals surface area contributed by atoms with Gasteiger partial charge < -0.3 is 5.73 Å². The molecule has 11 heteroatoms. The van der Waals surface area contributed by atoms with E-state index < -0.39 is 26.8 Å². The highest BCUT2D eigenvalue weighted by Gasteiger charge is 2.26. The van der Waals surface area contributed by atoms with Crippen molar-refractivity contribution >= 4 is 43.2 Å². The van der Waals surface area contributed by atoms with E-state index in [1.807, 2.05) is 0 Å². The third-order valence-corrected chi connectivity index (χ3v) is 5.54. The van der Waals surface area contributed by atoms with Crippen molar-refractivity contribution < 1.29 is 12.8 Å². The Morgan fingerprint density at radius 3 is 2.81 bits per heavy atom. The van der Waals surface area contributed by atoms with Crippen molar-refractivity contribution in [3.63, 3.8) is 0 Å². The largest absolute Gasteiger partial charge is 0.395 e. The van der Waals surface area contributed by atoms with Gasteiger partial charge in [0.2, 0.25) is 10.0 Å². The Kier molecular flexibility index (Phi) is 4.51. The second kappa shape index (κ2) is 5.87. The van der Waals surface area contributed by atoms with Crippen LogP contribution < -0.4 is 10.5 Å². The minimum absolute atomic E-state index is 0.0124. The molecule has 21 heavy (non-hydrogen) atoms. The van der Waals surface area contributed by atoms with Crippen LogP contribution in [0.1, 0.15) is 18.8 Å². The van der Waals surface area contributed by atoms with Crippen LogP contribution in [0.5, 0.6) is 0 Å². The van der Waals surface area contributed by atoms with Crippen LogP contribution in [-0.4, -0.2) is 23.6 Å². The molecule has 0 amide bonds. The summed E-state index contributed by atoms with van der Waals surface area (Å²) in [6.45, 7) is 1.53. The first kappa shape index (κ1) is 16.1. The van der Waals surface area contributed by atoms with E-state index in [1.165, 1.54) is 13.3 Å². The summed E-state index contributed by atoms with van der Waals surface area (Å²) in [5, 5.41) is 6.12. The van der Waals surface area contributed by atoms with Crippen LogP contribution in [0.3, 0.4) is 0 Å². The van der Waals surface area contributed by atoms with Gasteiger partial charge in [0.1, 0.15) is 17.0 Å². The Morgan fingerprint density at radius 2 is 2.24 bits per heavy atom. The van der Waals surface area contributed by atoms with Gasteiger partial charge in [-0.3, -0.25) is 5.10 Å². The van der Waals surface area contributed by atoms with Crippen molar-refractivity contribution in [1.29, 1.82) is 0 Å². The molecular formula is C10H10BrClFN5O2S. The second-order valence-electron chi connectivity index (χ2n) is 4.11. The molecule has 0 aliphatic rings. The number of nitrogens with one attached hydrogen (secondary N) is 2. The van der Waals surface area contributed by atoms with E-state index in [4.69, 9.17) is 17.3 Å². The lowest BCUT2D eigenvalue weighted by molar-refractivity contribution is 0.543. The van der Waals surface area contributed by atoms with Gasteiger partial charge in [0.05, 0.1) is 21.2 Å². The fraction of sp³-hybridized carbons (Fsp3) is 0.200. The predicted molar refractivity (Wildman–Crippen MR) is 78.6 cm³/mol. The first-order chi connectivity index (χ1) is 9.74. The monoisotopic (exact) mass is 397 g/mol. The zero-order valence-electron chi connectivity index (χ0n) is 10.6. The third-order valence-electron chi connectivity index (χ3n) is 2.62. The number of anilines is 1. The van der Waals surface area contributed by atoms with E-state index >= 15 is 0 Å². The fourth-order valence-corrected chi connectivity index (χ4v) is 3.46. The van der Waals surface area contributed by atoms with Gasteiger partial charge >= 0.3 is 0 Å². The lowest BCUT2D eigenvalue weighted by Crippen LogP contribution is -2.28. The molecule has 0 aliphatic carbocycles. The number of sulfonamides is 1. The summed E-state index contributed by atoms with van der Waals surface area (Å²) in [6.07, 6.45) is 1.23. The predicted octanol–water partition coefficient (Wildman–Crippen LogP) is 1.98. The van der Waals surface area contributed by atoms with Crippen LogP contribution in [-0.2, 0) is 10.0 Å². The minimum atomic E-state index is -4.18. The van der Waals surface area contributed by atoms with Crippen molar-refractivity contribution in [3.05, 3.63) is 33.5 Å². The van der Waals surface area contributed by atoms with Crippen LogP contribution in [0.4, 0.5) is 10.1 Å². The molecule has 0 spiro atoms. The van der Waals surface area contributed by atoms with E-state index in [9.17, 15) is 12.8 Å². The van der Waals surface area contributed by atoms with Crippen molar-refractivity contribution in [2.75, 3.05) is 5.73 Å². The number of aromatic nitrogens is 3. The normalized spacial score (nSPS) is 13.3. The lowest BCUT2D eigenvalue weighted by Gasteiger charge is -2.14. The topological polar surface area (TPSA) is 114 Å². The standard InChI is InChI=1S/C10H10BrClFN5O2S/c1-4(10-15-3-16-17-10)18-21(19,20)6-2-5(12)7(11)9(14)8(6)13/h2-4,18H,14H2,1H3,(H,15,16,17). The molecule has 114 valence electrons. The summed E-state index contributed by atoms with van der Waals surface area (Å²) in [7, 11) is -4.18. The zero-order chi connectivity index (χ0) is 15.8. The second-order valence-corrected chi connectivity index (χ2v) is 6.99. The van der Waals surface area contributed by atoms with Crippen molar-refractivity contribution in [3.8, 4) is 0 Å². The number of hydrogen-bond acceptors (Lipinski definition) is 5. The Hall–Kier alpha value is -1.23. The third kappa shape index (κ3) is 3.18. The highest BCUT2D eigenvalue weighted by molar-refractivity contribution is 9.10. The average Bonchev–Trinajstić information content (AvgIpc) is 2.94. The average molecular weight is 399 g/mol. The molecule has 4 N–H and O–H groups in total. The van der Waals surface area contributed by atoms with Crippen LogP contribution >= 0.6 is 27.5 Å². The quantitative estimate of drug-likeness (QED) is 0.538. The SMILES string of the molecule is CC(NS(=O)(=O)c1cc(Cl)c(Br)c(N)c1F)c1ncn[nH]1. The molecule has 0 radical (unpaired) electrons. The maximum atomic E-state index is 14.1. The van der Waals surface area contributed by atoms with Crippen molar-refractivity contribution in [2.45, 2.75) is 17.9 Å². The zero-order valence-corrected chi connectivity index (χ0v) is 13.7. The van der Waals surface area contributed by atoms with E-state index in [1.54, 1.807) is 0 Å². The molecule has 2 rings (SSSR count). The van der Waals surface area contributed by atoms with Crippen LogP contribution in [0, 0.1) is 5.82 Å². The maximum absolute atomic E-state index is 14.1. The van der Waals surface area contributed by atoms with Gasteiger partial charge in [0, 0.05) is 0 Å². The summed E-state index contributed by atoms with van der Waals surface area (Å²) >= 11 is 8.80. The van der Waals surface area contributed by atoms with Crippen LogP contribution in [0.2, 0.25) is 5.02 Å². The molecular weight excluding hydrogens is 389 g/mol. The minimum Gasteiger partial charge on any atom is -0.395 e. The van der Waals surface area contributed by atoms with Gasteiger partial charge in [0.25, 0.3) is 0 Å². The van der Waals surface area contributed by atoms with Gasteiger partial charge in [-0.15, -0.1) is 0 Å². The molecule has 1 unspecified atom stereocenters.